The SMILES string of the molecule is CC[C@H](C(=O)NC1CCCC1)N(Cc1ccc(Cl)c(Cl)c1)C(=O)CN(c1cc(Cl)ccc1Cl)S(=O)(=O)c1ccc(C)cc1. The summed E-state index contributed by atoms with van der Waals surface area (Å²) in [7, 11) is -4.29. The molecule has 230 valence electrons. The number of carbonyl (C=O) groups is 2. The zero-order chi connectivity index (χ0) is 31.3. The molecule has 0 heterocycles. The van der Waals surface area contributed by atoms with Crippen molar-refractivity contribution in [2.75, 3.05) is 10.8 Å². The van der Waals surface area contributed by atoms with Gasteiger partial charge in [0.25, 0.3) is 10.0 Å². The first-order valence-corrected chi connectivity index (χ1v) is 16.9. The molecule has 0 saturated heterocycles. The Morgan fingerprint density at radius 2 is 1.56 bits per heavy atom. The third kappa shape index (κ3) is 8.17. The second-order valence-corrected chi connectivity index (χ2v) is 14.1. The molecule has 7 nitrogen and oxygen atoms in total. The van der Waals surface area contributed by atoms with Crippen LogP contribution in [0.1, 0.15) is 50.2 Å². The Bertz CT molecular complexity index is 1580. The summed E-state index contributed by atoms with van der Waals surface area (Å²) in [6.07, 6.45) is 4.10. The second kappa shape index (κ2) is 14.5. The molecule has 0 aromatic heterocycles. The summed E-state index contributed by atoms with van der Waals surface area (Å²) in [5.74, 6) is -0.900. The fraction of sp³-hybridized carbons (Fsp3) is 0.355. The molecule has 0 bridgehead atoms. The fourth-order valence-corrected chi connectivity index (χ4v) is 7.33. The van der Waals surface area contributed by atoms with Gasteiger partial charge in [-0.1, -0.05) is 89.9 Å². The van der Waals surface area contributed by atoms with Gasteiger partial charge in [0.1, 0.15) is 12.6 Å². The number of nitrogens with one attached hydrogen (secondary N) is 1. The average Bonchev–Trinajstić information content (AvgIpc) is 3.48. The molecule has 1 N–H and O–H groups in total. The van der Waals surface area contributed by atoms with Crippen molar-refractivity contribution >= 4 is 73.9 Å². The third-order valence-electron chi connectivity index (χ3n) is 7.49. The number of aryl methyl sites for hydroxylation is 1. The normalized spacial score (nSPS) is 14.4. The Balaban J connectivity index is 1.76. The van der Waals surface area contributed by atoms with Crippen LogP contribution >= 0.6 is 46.4 Å². The van der Waals surface area contributed by atoms with Gasteiger partial charge in [0.05, 0.1) is 25.7 Å². The Labute approximate surface area is 273 Å². The van der Waals surface area contributed by atoms with Crippen molar-refractivity contribution in [2.45, 2.75) is 69.5 Å². The highest BCUT2D eigenvalue weighted by Crippen LogP contribution is 2.34. The van der Waals surface area contributed by atoms with E-state index in [1.807, 2.05) is 13.8 Å². The Kier molecular flexibility index (Phi) is 11.3. The number of anilines is 1. The van der Waals surface area contributed by atoms with Gasteiger partial charge in [-0.2, -0.15) is 0 Å². The minimum Gasteiger partial charge on any atom is -0.352 e. The molecular formula is C31H33Cl4N3O4S. The number of rotatable bonds is 11. The van der Waals surface area contributed by atoms with E-state index in [1.165, 1.54) is 35.2 Å². The van der Waals surface area contributed by atoms with Crippen molar-refractivity contribution in [3.05, 3.63) is 91.9 Å². The lowest BCUT2D eigenvalue weighted by Gasteiger charge is -2.34. The maximum absolute atomic E-state index is 14.3. The predicted octanol–water partition coefficient (Wildman–Crippen LogP) is 7.67. The monoisotopic (exact) mass is 683 g/mol. The summed E-state index contributed by atoms with van der Waals surface area (Å²) < 4.78 is 29.0. The molecule has 0 spiro atoms. The van der Waals surface area contributed by atoms with Gasteiger partial charge >= 0.3 is 0 Å². The summed E-state index contributed by atoms with van der Waals surface area (Å²) >= 11 is 25.1. The summed E-state index contributed by atoms with van der Waals surface area (Å²) in [5, 5.41) is 4.06. The molecule has 43 heavy (non-hydrogen) atoms. The van der Waals surface area contributed by atoms with Gasteiger partial charge in [-0.15, -0.1) is 0 Å². The highest BCUT2D eigenvalue weighted by Gasteiger charge is 2.35. The number of nitrogens with zero attached hydrogens (tertiary/aromatic N) is 2. The number of benzene rings is 3. The summed E-state index contributed by atoms with van der Waals surface area (Å²) in [6, 6.07) is 14.8. The number of amides is 2. The van der Waals surface area contributed by atoms with E-state index in [0.29, 0.717) is 22.0 Å². The van der Waals surface area contributed by atoms with Crippen molar-refractivity contribution in [2.24, 2.45) is 0 Å². The first-order valence-electron chi connectivity index (χ1n) is 14.0. The van der Waals surface area contributed by atoms with Crippen LogP contribution < -0.4 is 9.62 Å². The number of sulfonamides is 1. The first kappa shape index (κ1) is 33.4. The maximum Gasteiger partial charge on any atom is 0.264 e. The average molecular weight is 686 g/mol. The van der Waals surface area contributed by atoms with Crippen LogP contribution in [0.4, 0.5) is 5.69 Å². The zero-order valence-corrected chi connectivity index (χ0v) is 27.7. The van der Waals surface area contributed by atoms with Crippen molar-refractivity contribution in [3.8, 4) is 0 Å². The fourth-order valence-electron chi connectivity index (χ4n) is 5.15. The molecule has 4 rings (SSSR count). The van der Waals surface area contributed by atoms with Crippen molar-refractivity contribution < 1.29 is 18.0 Å². The number of hydrogen-bond acceptors (Lipinski definition) is 4. The van der Waals surface area contributed by atoms with Crippen molar-refractivity contribution in [1.29, 1.82) is 0 Å². The standard InChI is InChI=1S/C31H33Cl4N3O4S/c1-3-28(31(40)36-23-6-4-5-7-23)37(18-21-10-14-25(33)27(35)16-21)30(39)19-38(29-17-22(32)11-15-26(29)34)43(41,42)24-12-8-20(2)9-13-24/h8-17,23,28H,3-7,18-19H2,1-2H3,(H,36,40)/t28-/m1/s1. The van der Waals surface area contributed by atoms with Gasteiger partial charge in [0, 0.05) is 17.6 Å². The maximum atomic E-state index is 14.3. The number of carbonyl (C=O) groups excluding carboxylic acids is 2. The summed E-state index contributed by atoms with van der Waals surface area (Å²) in [6.45, 7) is 3.01. The Morgan fingerprint density at radius 1 is 0.907 bits per heavy atom. The quantitative estimate of drug-likeness (QED) is 0.225. The van der Waals surface area contributed by atoms with Crippen LogP contribution in [0.5, 0.6) is 0 Å². The van der Waals surface area contributed by atoms with Crippen LogP contribution in [-0.2, 0) is 26.2 Å². The molecule has 1 aliphatic rings. The van der Waals surface area contributed by atoms with Gasteiger partial charge in [0.2, 0.25) is 11.8 Å². The largest absolute Gasteiger partial charge is 0.352 e. The van der Waals surface area contributed by atoms with E-state index in [1.54, 1.807) is 30.3 Å². The molecule has 0 aliphatic heterocycles. The van der Waals surface area contributed by atoms with E-state index in [4.69, 9.17) is 46.4 Å². The summed E-state index contributed by atoms with van der Waals surface area (Å²) in [5.41, 5.74) is 1.54. The molecule has 0 radical (unpaired) electrons. The molecule has 1 atom stereocenters. The van der Waals surface area contributed by atoms with E-state index in [9.17, 15) is 18.0 Å². The van der Waals surface area contributed by atoms with E-state index in [2.05, 4.69) is 5.32 Å². The summed E-state index contributed by atoms with van der Waals surface area (Å²) in [4.78, 5) is 29.2. The molecule has 2 amide bonds. The number of hydrogen-bond donors (Lipinski definition) is 1. The lowest BCUT2D eigenvalue weighted by Crippen LogP contribution is -2.53. The third-order valence-corrected chi connectivity index (χ3v) is 10.6. The Hall–Kier alpha value is -2.49. The van der Waals surface area contributed by atoms with Crippen LogP contribution in [0.3, 0.4) is 0 Å². The highest BCUT2D eigenvalue weighted by atomic mass is 35.5. The van der Waals surface area contributed by atoms with Crippen molar-refractivity contribution in [1.82, 2.24) is 10.2 Å². The minimum absolute atomic E-state index is 0.00594. The van der Waals surface area contributed by atoms with Crippen LogP contribution in [0.2, 0.25) is 20.1 Å². The van der Waals surface area contributed by atoms with Gasteiger partial charge in [-0.25, -0.2) is 8.42 Å². The van der Waals surface area contributed by atoms with Crippen LogP contribution in [0.25, 0.3) is 0 Å². The highest BCUT2D eigenvalue weighted by molar-refractivity contribution is 7.92. The topological polar surface area (TPSA) is 86.8 Å². The van der Waals surface area contributed by atoms with Crippen molar-refractivity contribution in [3.63, 3.8) is 0 Å². The molecule has 12 heteroatoms. The molecule has 1 aliphatic carbocycles. The Morgan fingerprint density at radius 3 is 2.19 bits per heavy atom. The van der Waals surface area contributed by atoms with E-state index < -0.39 is 28.5 Å². The van der Waals surface area contributed by atoms with E-state index in [0.717, 1.165) is 35.6 Å². The minimum atomic E-state index is -4.29. The van der Waals surface area contributed by atoms with E-state index in [-0.39, 0.29) is 39.1 Å². The molecular weight excluding hydrogens is 652 g/mol. The molecule has 1 fully saturated rings. The number of halogens is 4. The van der Waals surface area contributed by atoms with Gasteiger partial charge in [-0.05, 0) is 74.2 Å². The first-order chi connectivity index (χ1) is 20.4. The zero-order valence-electron chi connectivity index (χ0n) is 23.8. The van der Waals surface area contributed by atoms with Gasteiger partial charge in [-0.3, -0.25) is 13.9 Å². The van der Waals surface area contributed by atoms with Gasteiger partial charge in [0.15, 0.2) is 0 Å². The van der Waals surface area contributed by atoms with Crippen LogP contribution in [0, 0.1) is 6.92 Å². The molecule has 3 aromatic carbocycles. The second-order valence-electron chi connectivity index (χ2n) is 10.6. The van der Waals surface area contributed by atoms with Crippen LogP contribution in [-0.4, -0.2) is 43.8 Å². The predicted molar refractivity (Wildman–Crippen MR) is 174 cm³/mol. The lowest BCUT2D eigenvalue weighted by atomic mass is 10.1. The van der Waals surface area contributed by atoms with Gasteiger partial charge < -0.3 is 10.2 Å². The molecule has 3 aromatic rings. The smallest absolute Gasteiger partial charge is 0.264 e. The molecule has 0 unspecified atom stereocenters. The van der Waals surface area contributed by atoms with E-state index >= 15 is 0 Å². The van der Waals surface area contributed by atoms with Crippen LogP contribution in [0.15, 0.2) is 65.6 Å². The molecule has 1 saturated carbocycles. The lowest BCUT2D eigenvalue weighted by molar-refractivity contribution is -0.140.